The molecule has 116 valence electrons. The summed E-state index contributed by atoms with van der Waals surface area (Å²) in [6, 6.07) is 9.15. The second kappa shape index (κ2) is 7.91. The number of pyridine rings is 1. The number of benzene rings is 1. The van der Waals surface area contributed by atoms with Crippen LogP contribution in [0.15, 0.2) is 41.1 Å². The van der Waals surface area contributed by atoms with E-state index in [1.54, 1.807) is 19.4 Å². The van der Waals surface area contributed by atoms with Crippen LogP contribution in [0.5, 0.6) is 5.75 Å². The molecule has 0 aliphatic carbocycles. The Bertz CT molecular complexity index is 644. The molecule has 2 N–H and O–H groups in total. The largest absolute Gasteiger partial charge is 0.497 e. The van der Waals surface area contributed by atoms with Gasteiger partial charge in [-0.2, -0.15) is 0 Å². The number of ether oxygens (including phenoxy) is 1. The Morgan fingerprint density at radius 3 is 2.68 bits per heavy atom. The zero-order valence-electron chi connectivity index (χ0n) is 12.2. The smallest absolute Gasteiger partial charge is 0.251 e. The van der Waals surface area contributed by atoms with Gasteiger partial charge in [-0.25, -0.2) is 4.98 Å². The lowest BCUT2D eigenvalue weighted by molar-refractivity contribution is 0.0949. The molecule has 1 aromatic carbocycles. The van der Waals surface area contributed by atoms with Gasteiger partial charge in [-0.3, -0.25) is 4.79 Å². The summed E-state index contributed by atoms with van der Waals surface area (Å²) in [6.07, 6.45) is 1.94. The van der Waals surface area contributed by atoms with E-state index in [1.165, 1.54) is 0 Å². The van der Waals surface area contributed by atoms with Crippen molar-refractivity contribution in [3.8, 4) is 5.75 Å². The number of nitrogens with zero attached hydrogens (tertiary/aromatic N) is 1. The molecule has 5 nitrogen and oxygen atoms in total. The SMILES string of the molecule is COc1ccc(CNC(=O)c2ccnc(Br)c2CCO)cc1. The Kier molecular flexibility index (Phi) is 5.91. The number of hydrogen-bond donors (Lipinski definition) is 2. The molecule has 2 rings (SSSR count). The number of amides is 1. The number of nitrogens with one attached hydrogen (secondary N) is 1. The van der Waals surface area contributed by atoms with Crippen LogP contribution < -0.4 is 10.1 Å². The van der Waals surface area contributed by atoms with E-state index in [2.05, 4.69) is 26.2 Å². The van der Waals surface area contributed by atoms with Gasteiger partial charge in [0.2, 0.25) is 0 Å². The summed E-state index contributed by atoms with van der Waals surface area (Å²) in [6.45, 7) is 0.379. The van der Waals surface area contributed by atoms with Gasteiger partial charge in [-0.1, -0.05) is 12.1 Å². The van der Waals surface area contributed by atoms with Gasteiger partial charge in [0.05, 0.1) is 7.11 Å². The lowest BCUT2D eigenvalue weighted by Gasteiger charge is -2.11. The molecule has 0 spiro atoms. The van der Waals surface area contributed by atoms with Gasteiger partial charge in [0.25, 0.3) is 5.91 Å². The highest BCUT2D eigenvalue weighted by atomic mass is 79.9. The first kappa shape index (κ1) is 16.5. The van der Waals surface area contributed by atoms with Crippen molar-refractivity contribution in [2.75, 3.05) is 13.7 Å². The molecule has 0 fully saturated rings. The van der Waals surface area contributed by atoms with Crippen LogP contribution in [0.25, 0.3) is 0 Å². The summed E-state index contributed by atoms with van der Waals surface area (Å²) in [4.78, 5) is 16.4. The third kappa shape index (κ3) is 4.05. The molecule has 0 atom stereocenters. The highest BCUT2D eigenvalue weighted by molar-refractivity contribution is 9.10. The highest BCUT2D eigenvalue weighted by Gasteiger charge is 2.14. The van der Waals surface area contributed by atoms with Crippen LogP contribution in [0.3, 0.4) is 0 Å². The van der Waals surface area contributed by atoms with Crippen LogP contribution in [0.2, 0.25) is 0 Å². The lowest BCUT2D eigenvalue weighted by Crippen LogP contribution is -2.24. The Morgan fingerprint density at radius 2 is 2.05 bits per heavy atom. The van der Waals surface area contributed by atoms with E-state index in [1.807, 2.05) is 24.3 Å². The third-order valence-electron chi connectivity index (χ3n) is 3.22. The third-order valence-corrected chi connectivity index (χ3v) is 3.91. The predicted octanol–water partition coefficient (Wildman–Crippen LogP) is 2.32. The summed E-state index contributed by atoms with van der Waals surface area (Å²) in [7, 11) is 1.61. The van der Waals surface area contributed by atoms with E-state index in [4.69, 9.17) is 9.84 Å². The number of hydrogen-bond acceptors (Lipinski definition) is 4. The molecule has 6 heteroatoms. The zero-order valence-corrected chi connectivity index (χ0v) is 13.8. The van der Waals surface area contributed by atoms with E-state index >= 15 is 0 Å². The van der Waals surface area contributed by atoms with E-state index in [-0.39, 0.29) is 12.5 Å². The summed E-state index contributed by atoms with van der Waals surface area (Å²) in [5.74, 6) is 0.584. The van der Waals surface area contributed by atoms with Crippen LogP contribution in [-0.2, 0) is 13.0 Å². The number of carbonyl (C=O) groups excluding carboxylic acids is 1. The van der Waals surface area contributed by atoms with Gasteiger partial charge in [-0.05, 0) is 51.7 Å². The van der Waals surface area contributed by atoms with Gasteiger partial charge < -0.3 is 15.2 Å². The highest BCUT2D eigenvalue weighted by Crippen LogP contribution is 2.19. The van der Waals surface area contributed by atoms with Gasteiger partial charge >= 0.3 is 0 Å². The number of aliphatic hydroxyl groups is 1. The first-order chi connectivity index (χ1) is 10.7. The van der Waals surface area contributed by atoms with Crippen LogP contribution in [0, 0.1) is 0 Å². The Morgan fingerprint density at radius 1 is 1.32 bits per heavy atom. The predicted molar refractivity (Wildman–Crippen MR) is 86.9 cm³/mol. The summed E-state index contributed by atoms with van der Waals surface area (Å²) < 4.78 is 5.68. The van der Waals surface area contributed by atoms with E-state index in [0.717, 1.165) is 11.3 Å². The molecule has 0 bridgehead atoms. The van der Waals surface area contributed by atoms with Gasteiger partial charge in [-0.15, -0.1) is 0 Å². The van der Waals surface area contributed by atoms with Crippen molar-refractivity contribution in [2.45, 2.75) is 13.0 Å². The van der Waals surface area contributed by atoms with Crippen LogP contribution >= 0.6 is 15.9 Å². The molecule has 2 aromatic rings. The molecule has 0 aliphatic rings. The fraction of sp³-hybridized carbons (Fsp3) is 0.250. The van der Waals surface area contributed by atoms with Crippen LogP contribution in [-0.4, -0.2) is 29.7 Å². The molecule has 0 radical (unpaired) electrons. The number of halogens is 1. The maximum absolute atomic E-state index is 12.3. The fourth-order valence-electron chi connectivity index (χ4n) is 2.05. The van der Waals surface area contributed by atoms with Crippen molar-refractivity contribution in [1.29, 1.82) is 0 Å². The summed E-state index contributed by atoms with van der Waals surface area (Å²) in [5.41, 5.74) is 2.20. The Balaban J connectivity index is 2.07. The van der Waals surface area contributed by atoms with Crippen LogP contribution in [0.4, 0.5) is 0 Å². The molecule has 1 heterocycles. The van der Waals surface area contributed by atoms with Crippen molar-refractivity contribution in [2.24, 2.45) is 0 Å². The quantitative estimate of drug-likeness (QED) is 0.771. The van der Waals surface area contributed by atoms with E-state index in [9.17, 15) is 4.79 Å². The number of aromatic nitrogens is 1. The summed E-state index contributed by atoms with van der Waals surface area (Å²) in [5, 5.41) is 12.0. The molecule has 1 aromatic heterocycles. The van der Waals surface area contributed by atoms with E-state index < -0.39 is 0 Å². The van der Waals surface area contributed by atoms with Crippen molar-refractivity contribution < 1.29 is 14.6 Å². The first-order valence-corrected chi connectivity index (χ1v) is 7.60. The molecular formula is C16H17BrN2O3. The average molecular weight is 365 g/mol. The number of carbonyl (C=O) groups is 1. The number of aliphatic hydroxyl groups excluding tert-OH is 1. The minimum atomic E-state index is -0.192. The lowest BCUT2D eigenvalue weighted by atomic mass is 10.1. The normalized spacial score (nSPS) is 10.3. The first-order valence-electron chi connectivity index (χ1n) is 6.81. The zero-order chi connectivity index (χ0) is 15.9. The maximum Gasteiger partial charge on any atom is 0.251 e. The minimum Gasteiger partial charge on any atom is -0.497 e. The Hall–Kier alpha value is -1.92. The van der Waals surface area contributed by atoms with Crippen molar-refractivity contribution >= 4 is 21.8 Å². The number of methoxy groups -OCH3 is 1. The molecule has 1 amide bonds. The molecule has 0 unspecified atom stereocenters. The van der Waals surface area contributed by atoms with Gasteiger partial charge in [0.15, 0.2) is 0 Å². The molecule has 0 aliphatic heterocycles. The van der Waals surface area contributed by atoms with Crippen molar-refractivity contribution in [3.05, 3.63) is 57.8 Å². The molecular weight excluding hydrogens is 348 g/mol. The Labute approximate surface area is 137 Å². The monoisotopic (exact) mass is 364 g/mol. The standard InChI is InChI=1S/C16H17BrN2O3/c1-22-12-4-2-11(3-5-12)10-19-16(21)14-6-8-18-15(17)13(14)7-9-20/h2-6,8,20H,7,9-10H2,1H3,(H,19,21). The van der Waals surface area contributed by atoms with Crippen molar-refractivity contribution in [1.82, 2.24) is 10.3 Å². The second-order valence-corrected chi connectivity index (χ2v) is 5.38. The topological polar surface area (TPSA) is 71.5 Å². The van der Waals surface area contributed by atoms with E-state index in [0.29, 0.717) is 28.7 Å². The van der Waals surface area contributed by atoms with Gasteiger partial charge in [0, 0.05) is 24.9 Å². The van der Waals surface area contributed by atoms with Crippen molar-refractivity contribution in [3.63, 3.8) is 0 Å². The maximum atomic E-state index is 12.3. The minimum absolute atomic E-state index is 0.0386. The second-order valence-electron chi connectivity index (χ2n) is 4.63. The average Bonchev–Trinajstić information content (AvgIpc) is 2.55. The summed E-state index contributed by atoms with van der Waals surface area (Å²) >= 11 is 3.31. The van der Waals surface area contributed by atoms with Gasteiger partial charge in [0.1, 0.15) is 10.4 Å². The van der Waals surface area contributed by atoms with Crippen LogP contribution in [0.1, 0.15) is 21.5 Å². The molecule has 0 saturated carbocycles. The molecule has 0 saturated heterocycles. The fourth-order valence-corrected chi connectivity index (χ4v) is 2.58. The molecule has 22 heavy (non-hydrogen) atoms. The number of rotatable bonds is 6.